The average molecular weight is 456 g/mol. The number of hydrogen-bond acceptors (Lipinski definition) is 2. The molecule has 6 heteroatoms. The molecule has 1 aromatic rings. The first-order chi connectivity index (χ1) is 11.7. The molecule has 1 amide bonds. The molecule has 0 bridgehead atoms. The van der Waals surface area contributed by atoms with Gasteiger partial charge in [0.25, 0.3) is 0 Å². The Kier molecular flexibility index (Phi) is 7.53. The summed E-state index contributed by atoms with van der Waals surface area (Å²) in [5.74, 6) is 2.25. The van der Waals surface area contributed by atoms with Crippen LogP contribution in [0.2, 0.25) is 0 Å². The van der Waals surface area contributed by atoms with Gasteiger partial charge in [-0.05, 0) is 36.3 Å². The van der Waals surface area contributed by atoms with Gasteiger partial charge >= 0.3 is 0 Å². The molecule has 3 rings (SSSR count). The molecule has 2 aliphatic rings. The Morgan fingerprint density at radius 2 is 2.00 bits per heavy atom. The topological polar surface area (TPSA) is 56.7 Å². The molecule has 1 fully saturated rings. The molecular weight excluding hydrogens is 427 g/mol. The van der Waals surface area contributed by atoms with Crippen LogP contribution in [0.4, 0.5) is 0 Å². The summed E-state index contributed by atoms with van der Waals surface area (Å²) < 4.78 is 0. The van der Waals surface area contributed by atoms with E-state index in [2.05, 4.69) is 44.8 Å². The lowest BCUT2D eigenvalue weighted by Gasteiger charge is -2.36. The zero-order valence-electron chi connectivity index (χ0n) is 15.1. The molecule has 1 atom stereocenters. The molecule has 0 saturated carbocycles. The van der Waals surface area contributed by atoms with Crippen molar-refractivity contribution in [1.29, 1.82) is 0 Å². The van der Waals surface area contributed by atoms with Crippen molar-refractivity contribution < 1.29 is 4.79 Å². The van der Waals surface area contributed by atoms with Crippen molar-refractivity contribution in [2.24, 2.45) is 10.9 Å². The molecule has 2 N–H and O–H groups in total. The van der Waals surface area contributed by atoms with E-state index in [0.29, 0.717) is 18.3 Å². The summed E-state index contributed by atoms with van der Waals surface area (Å²) in [6, 6.07) is 8.69. The van der Waals surface area contributed by atoms with Gasteiger partial charge < -0.3 is 15.5 Å². The van der Waals surface area contributed by atoms with Crippen molar-refractivity contribution in [2.75, 3.05) is 33.7 Å². The van der Waals surface area contributed by atoms with Crippen molar-refractivity contribution in [3.05, 3.63) is 35.4 Å². The maximum absolute atomic E-state index is 11.5. The summed E-state index contributed by atoms with van der Waals surface area (Å²) in [5, 5.41) is 6.27. The second-order valence-corrected chi connectivity index (χ2v) is 6.84. The van der Waals surface area contributed by atoms with Crippen LogP contribution < -0.4 is 10.6 Å². The number of fused-ring (bicyclic) bond motifs is 1. The van der Waals surface area contributed by atoms with Gasteiger partial charge in [0.1, 0.15) is 0 Å². The van der Waals surface area contributed by atoms with Gasteiger partial charge in [0.15, 0.2) is 5.96 Å². The lowest BCUT2D eigenvalue weighted by molar-refractivity contribution is -0.121. The van der Waals surface area contributed by atoms with Crippen LogP contribution in [0.5, 0.6) is 0 Å². The third kappa shape index (κ3) is 4.86. The molecule has 1 saturated heterocycles. The lowest BCUT2D eigenvalue weighted by Crippen LogP contribution is -2.47. The quantitative estimate of drug-likeness (QED) is 0.416. The van der Waals surface area contributed by atoms with Gasteiger partial charge in [0.2, 0.25) is 5.91 Å². The minimum Gasteiger partial charge on any atom is -0.359 e. The zero-order valence-corrected chi connectivity index (χ0v) is 17.5. The van der Waals surface area contributed by atoms with E-state index in [1.54, 1.807) is 7.05 Å². The molecule has 1 unspecified atom stereocenters. The number of carbonyl (C=O) groups is 1. The number of likely N-dealkylation sites (tertiary alicyclic amines) is 1. The number of nitrogens with one attached hydrogen (secondary N) is 2. The van der Waals surface area contributed by atoms with Crippen molar-refractivity contribution in [3.8, 4) is 0 Å². The largest absolute Gasteiger partial charge is 0.359 e. The summed E-state index contributed by atoms with van der Waals surface area (Å²) >= 11 is 0. The first-order valence-electron chi connectivity index (χ1n) is 8.95. The Balaban J connectivity index is 0.00000225. The van der Waals surface area contributed by atoms with E-state index in [-0.39, 0.29) is 29.9 Å². The van der Waals surface area contributed by atoms with Crippen LogP contribution in [-0.2, 0) is 11.2 Å². The summed E-state index contributed by atoms with van der Waals surface area (Å²) in [7, 11) is 3.56. The van der Waals surface area contributed by atoms with Gasteiger partial charge in [-0.25, -0.2) is 0 Å². The number of aliphatic imine (C=N–C) groups is 1. The van der Waals surface area contributed by atoms with E-state index < -0.39 is 0 Å². The molecule has 25 heavy (non-hydrogen) atoms. The first-order valence-corrected chi connectivity index (χ1v) is 8.95. The minimum atomic E-state index is 0. The minimum absolute atomic E-state index is 0. The van der Waals surface area contributed by atoms with E-state index in [4.69, 9.17) is 0 Å². The van der Waals surface area contributed by atoms with Crippen LogP contribution in [-0.4, -0.2) is 50.5 Å². The van der Waals surface area contributed by atoms with Crippen LogP contribution in [0, 0.1) is 5.92 Å². The van der Waals surface area contributed by atoms with Crippen molar-refractivity contribution in [1.82, 2.24) is 15.5 Å². The summed E-state index contributed by atoms with van der Waals surface area (Å²) in [6.07, 6.45) is 3.92. The number of carbonyl (C=O) groups excluding carboxylic acids is 1. The smallest absolute Gasteiger partial charge is 0.220 e. The van der Waals surface area contributed by atoms with Crippen LogP contribution in [0.3, 0.4) is 0 Å². The lowest BCUT2D eigenvalue weighted by atomic mass is 9.78. The van der Waals surface area contributed by atoms with E-state index in [1.165, 1.54) is 11.1 Å². The molecule has 0 radical (unpaired) electrons. The van der Waals surface area contributed by atoms with Gasteiger partial charge in [0.05, 0.1) is 0 Å². The number of rotatable bonds is 4. The average Bonchev–Trinajstić information content (AvgIpc) is 2.60. The predicted molar refractivity (Wildman–Crippen MR) is 113 cm³/mol. The molecule has 1 aliphatic carbocycles. The maximum atomic E-state index is 11.5. The number of nitrogens with zero attached hydrogens (tertiary/aromatic N) is 2. The highest BCUT2D eigenvalue weighted by Crippen LogP contribution is 2.34. The first kappa shape index (κ1) is 20.0. The summed E-state index contributed by atoms with van der Waals surface area (Å²) in [5.41, 5.74) is 2.96. The number of guanidine groups is 1. The van der Waals surface area contributed by atoms with Gasteiger partial charge in [0, 0.05) is 46.1 Å². The number of benzene rings is 1. The van der Waals surface area contributed by atoms with Crippen LogP contribution in [0.25, 0.3) is 0 Å². The zero-order chi connectivity index (χ0) is 16.9. The van der Waals surface area contributed by atoms with Crippen LogP contribution in [0.15, 0.2) is 29.3 Å². The second kappa shape index (κ2) is 9.40. The van der Waals surface area contributed by atoms with Crippen molar-refractivity contribution >= 4 is 35.8 Å². The standard InChI is InChI=1S/C19H28N4O.HI/c1-20-18(24)11-14-7-9-23(10-8-14)19(21-2)22-13-16-12-15-5-3-4-6-17(15)16;/h3-6,14,16H,7-13H2,1-2H3,(H,20,24)(H,21,22);1H. The normalized spacial score (nSPS) is 20.2. The number of hydrogen-bond donors (Lipinski definition) is 2. The Hall–Kier alpha value is -1.31. The Bertz CT molecular complexity index is 611. The number of halogens is 1. The van der Waals surface area contributed by atoms with Gasteiger partial charge in [-0.1, -0.05) is 24.3 Å². The van der Waals surface area contributed by atoms with Crippen molar-refractivity contribution in [2.45, 2.75) is 31.6 Å². The monoisotopic (exact) mass is 456 g/mol. The fourth-order valence-corrected chi connectivity index (χ4v) is 3.80. The van der Waals surface area contributed by atoms with Gasteiger partial charge in [-0.15, -0.1) is 24.0 Å². The highest BCUT2D eigenvalue weighted by atomic mass is 127. The van der Waals surface area contributed by atoms with Crippen LogP contribution >= 0.6 is 24.0 Å². The van der Waals surface area contributed by atoms with Gasteiger partial charge in [-0.3, -0.25) is 9.79 Å². The van der Waals surface area contributed by atoms with E-state index in [9.17, 15) is 4.79 Å². The number of piperidine rings is 1. The van der Waals surface area contributed by atoms with Gasteiger partial charge in [-0.2, -0.15) is 0 Å². The summed E-state index contributed by atoms with van der Waals surface area (Å²) in [6.45, 7) is 2.90. The Morgan fingerprint density at radius 1 is 1.28 bits per heavy atom. The molecule has 1 aliphatic heterocycles. The number of amides is 1. The highest BCUT2D eigenvalue weighted by Gasteiger charge is 2.27. The molecule has 0 aromatic heterocycles. The van der Waals surface area contributed by atoms with E-state index >= 15 is 0 Å². The summed E-state index contributed by atoms with van der Waals surface area (Å²) in [4.78, 5) is 18.3. The Labute approximate surface area is 167 Å². The predicted octanol–water partition coefficient (Wildman–Crippen LogP) is 2.37. The van der Waals surface area contributed by atoms with E-state index in [0.717, 1.165) is 44.9 Å². The molecule has 5 nitrogen and oxygen atoms in total. The SMILES string of the molecule is CN=C(NCC1Cc2ccccc21)N1CCC(CC(=O)NC)CC1.I. The maximum Gasteiger partial charge on any atom is 0.220 e. The van der Waals surface area contributed by atoms with Crippen LogP contribution in [0.1, 0.15) is 36.3 Å². The molecule has 0 spiro atoms. The second-order valence-electron chi connectivity index (χ2n) is 6.84. The highest BCUT2D eigenvalue weighted by molar-refractivity contribution is 14.0. The fraction of sp³-hybridized carbons (Fsp3) is 0.579. The third-order valence-corrected chi connectivity index (χ3v) is 5.35. The molecule has 1 heterocycles. The van der Waals surface area contributed by atoms with E-state index in [1.807, 2.05) is 7.05 Å². The fourth-order valence-electron chi connectivity index (χ4n) is 3.80. The Morgan fingerprint density at radius 3 is 2.64 bits per heavy atom. The van der Waals surface area contributed by atoms with Crippen molar-refractivity contribution in [3.63, 3.8) is 0 Å². The third-order valence-electron chi connectivity index (χ3n) is 5.35. The molecule has 1 aromatic carbocycles. The molecular formula is C19H29IN4O. The molecule has 138 valence electrons.